The molecule has 1 aliphatic carbocycles. The molecule has 0 radical (unpaired) electrons. The van der Waals surface area contributed by atoms with E-state index < -0.39 is 11.5 Å². The summed E-state index contributed by atoms with van der Waals surface area (Å²) in [6.07, 6.45) is 2.57. The molecule has 0 aliphatic heterocycles. The van der Waals surface area contributed by atoms with Crippen molar-refractivity contribution in [2.45, 2.75) is 44.6 Å². The van der Waals surface area contributed by atoms with Gasteiger partial charge in [0, 0.05) is 6.42 Å². The third-order valence-corrected chi connectivity index (χ3v) is 2.29. The van der Waals surface area contributed by atoms with Gasteiger partial charge in [-0.05, 0) is 24.8 Å². The molecule has 1 aliphatic rings. The molecule has 3 heteroatoms. The highest BCUT2D eigenvalue weighted by molar-refractivity contribution is 5.11. The minimum atomic E-state index is -2.72. The van der Waals surface area contributed by atoms with E-state index in [0.717, 1.165) is 6.08 Å². The third kappa shape index (κ3) is 3.07. The van der Waals surface area contributed by atoms with Crippen molar-refractivity contribution in [2.75, 3.05) is 0 Å². The van der Waals surface area contributed by atoms with Crippen molar-refractivity contribution < 1.29 is 13.9 Å². The highest BCUT2D eigenvalue weighted by Crippen LogP contribution is 2.35. The van der Waals surface area contributed by atoms with E-state index >= 15 is 0 Å². The Labute approximate surface area is 77.5 Å². The maximum absolute atomic E-state index is 12.7. The highest BCUT2D eigenvalue weighted by Gasteiger charge is 2.37. The molecule has 0 saturated heterocycles. The van der Waals surface area contributed by atoms with E-state index in [1.54, 1.807) is 0 Å². The highest BCUT2D eigenvalue weighted by atomic mass is 19.3. The summed E-state index contributed by atoms with van der Waals surface area (Å²) in [5.74, 6) is -2.40. The lowest BCUT2D eigenvalue weighted by atomic mass is 9.83. The van der Waals surface area contributed by atoms with Gasteiger partial charge in [-0.2, -0.15) is 0 Å². The van der Waals surface area contributed by atoms with Crippen LogP contribution in [0, 0.1) is 5.92 Å². The Hall–Kier alpha value is -0.440. The summed E-state index contributed by atoms with van der Waals surface area (Å²) in [5, 5.41) is 9.85. The summed E-state index contributed by atoms with van der Waals surface area (Å²) in [4.78, 5) is 0. The maximum atomic E-state index is 12.7. The van der Waals surface area contributed by atoms with Crippen molar-refractivity contribution in [3.8, 4) is 0 Å². The second-order valence-electron chi connectivity index (χ2n) is 4.30. The molecule has 0 aromatic carbocycles. The number of halogens is 2. The van der Waals surface area contributed by atoms with Crippen LogP contribution in [0.4, 0.5) is 8.78 Å². The van der Waals surface area contributed by atoms with Gasteiger partial charge in [0.25, 0.3) is 5.92 Å². The van der Waals surface area contributed by atoms with Gasteiger partial charge in [0.05, 0.1) is 5.60 Å². The molecule has 1 atom stereocenters. The van der Waals surface area contributed by atoms with E-state index in [2.05, 4.69) is 0 Å². The first kappa shape index (κ1) is 10.6. The van der Waals surface area contributed by atoms with E-state index in [-0.39, 0.29) is 12.8 Å². The molecule has 0 heterocycles. The zero-order chi connectivity index (χ0) is 10.1. The van der Waals surface area contributed by atoms with Gasteiger partial charge < -0.3 is 5.11 Å². The number of hydrogen-bond donors (Lipinski definition) is 1. The van der Waals surface area contributed by atoms with E-state index in [1.165, 1.54) is 6.08 Å². The zero-order valence-corrected chi connectivity index (χ0v) is 8.06. The topological polar surface area (TPSA) is 20.2 Å². The Kier molecular flexibility index (Phi) is 2.76. The van der Waals surface area contributed by atoms with Crippen LogP contribution in [0.1, 0.15) is 33.1 Å². The SMILES string of the molecule is CC(C)CC1(O)C=CC(F)(F)CC1. The van der Waals surface area contributed by atoms with E-state index in [0.29, 0.717) is 12.3 Å². The molecule has 0 aromatic rings. The molecule has 1 unspecified atom stereocenters. The van der Waals surface area contributed by atoms with E-state index in [1.807, 2.05) is 13.8 Å². The standard InChI is InChI=1S/C10H16F2O/c1-8(2)7-9(13)3-5-10(11,12)6-4-9/h3,5,8,13H,4,6-7H2,1-2H3. The van der Waals surface area contributed by atoms with Gasteiger partial charge >= 0.3 is 0 Å². The largest absolute Gasteiger partial charge is 0.386 e. The van der Waals surface area contributed by atoms with Gasteiger partial charge in [0.1, 0.15) is 0 Å². The van der Waals surface area contributed by atoms with Crippen LogP contribution in [0.5, 0.6) is 0 Å². The summed E-state index contributed by atoms with van der Waals surface area (Å²) >= 11 is 0. The Balaban J connectivity index is 2.64. The van der Waals surface area contributed by atoms with Crippen LogP contribution >= 0.6 is 0 Å². The molecule has 0 saturated carbocycles. The van der Waals surface area contributed by atoms with Crippen molar-refractivity contribution in [1.82, 2.24) is 0 Å². The maximum Gasteiger partial charge on any atom is 0.266 e. The van der Waals surface area contributed by atoms with Gasteiger partial charge in [0.2, 0.25) is 0 Å². The van der Waals surface area contributed by atoms with Gasteiger partial charge in [0.15, 0.2) is 0 Å². The lowest BCUT2D eigenvalue weighted by Crippen LogP contribution is -2.34. The number of aliphatic hydroxyl groups is 1. The van der Waals surface area contributed by atoms with Crippen LogP contribution in [0.15, 0.2) is 12.2 Å². The second kappa shape index (κ2) is 3.37. The first-order valence-corrected chi connectivity index (χ1v) is 4.64. The number of alkyl halides is 2. The first-order valence-electron chi connectivity index (χ1n) is 4.64. The van der Waals surface area contributed by atoms with Crippen LogP contribution in [0.25, 0.3) is 0 Å². The molecular weight excluding hydrogens is 174 g/mol. The molecule has 0 spiro atoms. The Morgan fingerprint density at radius 1 is 1.31 bits per heavy atom. The Bertz CT molecular complexity index is 211. The molecule has 0 amide bonds. The summed E-state index contributed by atoms with van der Waals surface area (Å²) in [6, 6.07) is 0. The summed E-state index contributed by atoms with van der Waals surface area (Å²) in [7, 11) is 0. The first-order chi connectivity index (χ1) is 5.83. The lowest BCUT2D eigenvalue weighted by Gasteiger charge is -2.32. The van der Waals surface area contributed by atoms with Crippen LogP contribution in [-0.4, -0.2) is 16.6 Å². The van der Waals surface area contributed by atoms with Gasteiger partial charge in [-0.3, -0.25) is 0 Å². The molecule has 1 nitrogen and oxygen atoms in total. The van der Waals surface area contributed by atoms with Gasteiger partial charge in [-0.25, -0.2) is 8.78 Å². The van der Waals surface area contributed by atoms with E-state index in [4.69, 9.17) is 0 Å². The van der Waals surface area contributed by atoms with Crippen LogP contribution in [-0.2, 0) is 0 Å². The normalized spacial score (nSPS) is 32.5. The predicted octanol–water partition coefficient (Wildman–Crippen LogP) is 2.75. The molecule has 0 fully saturated rings. The average molecular weight is 190 g/mol. The van der Waals surface area contributed by atoms with Crippen LogP contribution in [0.3, 0.4) is 0 Å². The van der Waals surface area contributed by atoms with Crippen molar-refractivity contribution in [1.29, 1.82) is 0 Å². The number of rotatable bonds is 2. The molecule has 0 bridgehead atoms. The molecule has 0 aromatic heterocycles. The second-order valence-corrected chi connectivity index (χ2v) is 4.30. The fraction of sp³-hybridized carbons (Fsp3) is 0.800. The number of hydrogen-bond acceptors (Lipinski definition) is 1. The molecular formula is C10H16F2O. The van der Waals surface area contributed by atoms with Gasteiger partial charge in [-0.1, -0.05) is 19.9 Å². The summed E-state index contributed by atoms with van der Waals surface area (Å²) in [5.41, 5.74) is -1.00. The predicted molar refractivity (Wildman–Crippen MR) is 47.7 cm³/mol. The van der Waals surface area contributed by atoms with Crippen molar-refractivity contribution in [2.24, 2.45) is 5.92 Å². The lowest BCUT2D eigenvalue weighted by molar-refractivity contribution is -0.0194. The molecule has 76 valence electrons. The van der Waals surface area contributed by atoms with Crippen LogP contribution in [0.2, 0.25) is 0 Å². The summed E-state index contributed by atoms with van der Waals surface area (Å²) < 4.78 is 25.4. The zero-order valence-electron chi connectivity index (χ0n) is 8.06. The van der Waals surface area contributed by atoms with E-state index in [9.17, 15) is 13.9 Å². The van der Waals surface area contributed by atoms with Gasteiger partial charge in [-0.15, -0.1) is 0 Å². The Morgan fingerprint density at radius 2 is 1.92 bits per heavy atom. The summed E-state index contributed by atoms with van der Waals surface area (Å²) in [6.45, 7) is 3.94. The minimum absolute atomic E-state index is 0.161. The van der Waals surface area contributed by atoms with Crippen molar-refractivity contribution >= 4 is 0 Å². The molecule has 13 heavy (non-hydrogen) atoms. The number of allylic oxidation sites excluding steroid dienone is 1. The quantitative estimate of drug-likeness (QED) is 0.664. The van der Waals surface area contributed by atoms with Crippen LogP contribution < -0.4 is 0 Å². The minimum Gasteiger partial charge on any atom is -0.386 e. The van der Waals surface area contributed by atoms with Crippen molar-refractivity contribution in [3.63, 3.8) is 0 Å². The fourth-order valence-electron chi connectivity index (χ4n) is 1.70. The molecule has 1 rings (SSSR count). The third-order valence-electron chi connectivity index (χ3n) is 2.29. The Morgan fingerprint density at radius 3 is 2.31 bits per heavy atom. The monoisotopic (exact) mass is 190 g/mol. The fourth-order valence-corrected chi connectivity index (χ4v) is 1.70. The molecule has 1 N–H and O–H groups in total. The smallest absolute Gasteiger partial charge is 0.266 e. The van der Waals surface area contributed by atoms with Crippen molar-refractivity contribution in [3.05, 3.63) is 12.2 Å². The average Bonchev–Trinajstić information content (AvgIpc) is 1.95.